The van der Waals surface area contributed by atoms with Gasteiger partial charge in [0.05, 0.1) is 19.3 Å². The lowest BCUT2D eigenvalue weighted by molar-refractivity contribution is -0.139. The summed E-state index contributed by atoms with van der Waals surface area (Å²) < 4.78 is 7.49. The minimum Gasteiger partial charge on any atom is -0.379 e. The van der Waals surface area contributed by atoms with Gasteiger partial charge in [-0.3, -0.25) is 14.5 Å². The van der Waals surface area contributed by atoms with E-state index in [-0.39, 0.29) is 6.04 Å². The molecule has 0 bridgehead atoms. The Morgan fingerprint density at radius 2 is 1.75 bits per heavy atom. The molecule has 3 rings (SSSR count). The molecule has 1 aromatic heterocycles. The van der Waals surface area contributed by atoms with Gasteiger partial charge in [-0.15, -0.1) is 0 Å². The van der Waals surface area contributed by atoms with Crippen LogP contribution in [0.15, 0.2) is 42.6 Å². The summed E-state index contributed by atoms with van der Waals surface area (Å²) in [6.45, 7) is 5.65. The van der Waals surface area contributed by atoms with Crippen LogP contribution < -0.4 is 10.6 Å². The summed E-state index contributed by atoms with van der Waals surface area (Å²) in [6.07, 6.45) is 1.99. The van der Waals surface area contributed by atoms with Crippen LogP contribution in [0.2, 0.25) is 0 Å². The zero-order valence-electron chi connectivity index (χ0n) is 16.5. The molecule has 7 heteroatoms. The first kappa shape index (κ1) is 20.1. The SMILES string of the molecule is Cc1ccc(CNC(=O)C(=O)NC[C@H](c2cccn2C)N2CCOCC2)cc1. The number of aromatic nitrogens is 1. The topological polar surface area (TPSA) is 75.6 Å². The molecule has 2 N–H and O–H groups in total. The Labute approximate surface area is 165 Å². The summed E-state index contributed by atoms with van der Waals surface area (Å²) in [4.78, 5) is 26.7. The van der Waals surface area contributed by atoms with E-state index in [0.717, 1.165) is 29.9 Å². The van der Waals surface area contributed by atoms with Crippen molar-refractivity contribution >= 4 is 11.8 Å². The third kappa shape index (κ3) is 5.21. The number of rotatable bonds is 6. The highest BCUT2D eigenvalue weighted by Crippen LogP contribution is 2.21. The van der Waals surface area contributed by atoms with E-state index in [2.05, 4.69) is 15.5 Å². The molecule has 1 aliphatic rings. The number of hydrogen-bond donors (Lipinski definition) is 2. The van der Waals surface area contributed by atoms with Crippen LogP contribution in [0.1, 0.15) is 22.9 Å². The Hall–Kier alpha value is -2.64. The van der Waals surface area contributed by atoms with E-state index < -0.39 is 11.8 Å². The standard InChI is InChI=1S/C21H28N4O3/c1-16-5-7-17(8-6-16)14-22-20(26)21(27)23-15-19(18-4-3-9-24(18)2)25-10-12-28-13-11-25/h3-9,19H,10-15H2,1-2H3,(H,22,26)(H,23,27)/t19-/m1/s1. The molecule has 2 aromatic rings. The normalized spacial score (nSPS) is 15.8. The maximum Gasteiger partial charge on any atom is 0.309 e. The Morgan fingerprint density at radius 1 is 1.07 bits per heavy atom. The van der Waals surface area contributed by atoms with E-state index in [0.29, 0.717) is 26.3 Å². The minimum absolute atomic E-state index is 0.00208. The second-order valence-electron chi connectivity index (χ2n) is 7.09. The Kier molecular flexibility index (Phi) is 6.84. The van der Waals surface area contributed by atoms with Gasteiger partial charge >= 0.3 is 11.8 Å². The molecule has 1 fully saturated rings. The molecule has 1 saturated heterocycles. The van der Waals surface area contributed by atoms with Gasteiger partial charge in [0.15, 0.2) is 0 Å². The number of morpholine rings is 1. The summed E-state index contributed by atoms with van der Waals surface area (Å²) in [5, 5.41) is 5.47. The zero-order valence-corrected chi connectivity index (χ0v) is 16.5. The molecule has 0 radical (unpaired) electrons. The molecule has 1 aromatic carbocycles. The highest BCUT2D eigenvalue weighted by Gasteiger charge is 2.25. The number of aryl methyl sites for hydroxylation is 2. The van der Waals surface area contributed by atoms with Crippen molar-refractivity contribution in [1.82, 2.24) is 20.1 Å². The summed E-state index contributed by atoms with van der Waals surface area (Å²) in [7, 11) is 1.99. The summed E-state index contributed by atoms with van der Waals surface area (Å²) >= 11 is 0. The Bertz CT molecular complexity index is 794. The smallest absolute Gasteiger partial charge is 0.309 e. The van der Waals surface area contributed by atoms with Gasteiger partial charge in [-0.1, -0.05) is 29.8 Å². The number of carbonyl (C=O) groups excluding carboxylic acids is 2. The second kappa shape index (κ2) is 9.52. The van der Waals surface area contributed by atoms with Crippen LogP contribution >= 0.6 is 0 Å². The fourth-order valence-electron chi connectivity index (χ4n) is 3.37. The van der Waals surface area contributed by atoms with Crippen LogP contribution in [0.3, 0.4) is 0 Å². The van der Waals surface area contributed by atoms with Crippen LogP contribution in [0, 0.1) is 6.92 Å². The molecule has 0 aliphatic carbocycles. The van der Waals surface area contributed by atoms with E-state index in [9.17, 15) is 9.59 Å². The third-order valence-electron chi connectivity index (χ3n) is 5.05. The predicted octanol–water partition coefficient (Wildman–Crippen LogP) is 1.14. The quantitative estimate of drug-likeness (QED) is 0.733. The van der Waals surface area contributed by atoms with E-state index in [1.807, 2.05) is 61.1 Å². The molecule has 2 amide bonds. The van der Waals surface area contributed by atoms with Crippen molar-refractivity contribution in [1.29, 1.82) is 0 Å². The molecule has 7 nitrogen and oxygen atoms in total. The van der Waals surface area contributed by atoms with Crippen molar-refractivity contribution in [2.75, 3.05) is 32.8 Å². The monoisotopic (exact) mass is 384 g/mol. The summed E-state index contributed by atoms with van der Waals surface area (Å²) in [6, 6.07) is 11.9. The number of amides is 2. The average Bonchev–Trinajstić information content (AvgIpc) is 3.14. The van der Waals surface area contributed by atoms with Gasteiger partial charge in [-0.2, -0.15) is 0 Å². The maximum atomic E-state index is 12.3. The third-order valence-corrected chi connectivity index (χ3v) is 5.05. The Morgan fingerprint density at radius 3 is 2.39 bits per heavy atom. The van der Waals surface area contributed by atoms with Crippen LogP contribution in [-0.2, 0) is 27.9 Å². The number of carbonyl (C=O) groups is 2. The van der Waals surface area contributed by atoms with Gasteiger partial charge in [0, 0.05) is 45.1 Å². The van der Waals surface area contributed by atoms with Crippen LogP contribution in [0.4, 0.5) is 0 Å². The lowest BCUT2D eigenvalue weighted by atomic mass is 10.1. The predicted molar refractivity (Wildman–Crippen MR) is 107 cm³/mol. The molecule has 0 spiro atoms. The molecule has 2 heterocycles. The molecule has 150 valence electrons. The van der Waals surface area contributed by atoms with Gasteiger partial charge in [-0.05, 0) is 24.6 Å². The van der Waals surface area contributed by atoms with Gasteiger partial charge < -0.3 is 19.9 Å². The van der Waals surface area contributed by atoms with E-state index in [1.165, 1.54) is 0 Å². The van der Waals surface area contributed by atoms with E-state index in [4.69, 9.17) is 4.74 Å². The first-order valence-corrected chi connectivity index (χ1v) is 9.59. The van der Waals surface area contributed by atoms with E-state index in [1.54, 1.807) is 0 Å². The van der Waals surface area contributed by atoms with Crippen molar-refractivity contribution in [3.63, 3.8) is 0 Å². The molecule has 1 aliphatic heterocycles. The molecule has 28 heavy (non-hydrogen) atoms. The van der Waals surface area contributed by atoms with Gasteiger partial charge in [0.25, 0.3) is 0 Å². The second-order valence-corrected chi connectivity index (χ2v) is 7.09. The minimum atomic E-state index is -0.617. The molecule has 1 atom stereocenters. The number of ether oxygens (including phenoxy) is 1. The number of nitrogens with zero attached hydrogens (tertiary/aromatic N) is 2. The van der Waals surface area contributed by atoms with Gasteiger partial charge in [-0.25, -0.2) is 0 Å². The zero-order chi connectivity index (χ0) is 19.9. The van der Waals surface area contributed by atoms with Crippen molar-refractivity contribution in [3.05, 3.63) is 59.4 Å². The lowest BCUT2D eigenvalue weighted by Crippen LogP contribution is -2.47. The van der Waals surface area contributed by atoms with Crippen molar-refractivity contribution in [2.24, 2.45) is 7.05 Å². The number of benzene rings is 1. The van der Waals surface area contributed by atoms with Gasteiger partial charge in [0.2, 0.25) is 0 Å². The Balaban J connectivity index is 1.55. The van der Waals surface area contributed by atoms with Crippen LogP contribution in [0.25, 0.3) is 0 Å². The van der Waals surface area contributed by atoms with Crippen molar-refractivity contribution in [3.8, 4) is 0 Å². The average molecular weight is 384 g/mol. The fourth-order valence-corrected chi connectivity index (χ4v) is 3.37. The molecule has 0 saturated carbocycles. The summed E-state index contributed by atoms with van der Waals surface area (Å²) in [5.74, 6) is -1.23. The molecular weight excluding hydrogens is 356 g/mol. The highest BCUT2D eigenvalue weighted by molar-refractivity contribution is 6.35. The maximum absolute atomic E-state index is 12.3. The molecular formula is C21H28N4O3. The first-order chi connectivity index (χ1) is 13.5. The largest absolute Gasteiger partial charge is 0.379 e. The summed E-state index contributed by atoms with van der Waals surface area (Å²) in [5.41, 5.74) is 3.21. The van der Waals surface area contributed by atoms with Crippen LogP contribution in [-0.4, -0.2) is 54.1 Å². The fraction of sp³-hybridized carbons (Fsp3) is 0.429. The van der Waals surface area contributed by atoms with Gasteiger partial charge in [0.1, 0.15) is 0 Å². The number of hydrogen-bond acceptors (Lipinski definition) is 4. The highest BCUT2D eigenvalue weighted by atomic mass is 16.5. The first-order valence-electron chi connectivity index (χ1n) is 9.59. The lowest BCUT2D eigenvalue weighted by Gasteiger charge is -2.34. The molecule has 0 unspecified atom stereocenters. The van der Waals surface area contributed by atoms with E-state index >= 15 is 0 Å². The van der Waals surface area contributed by atoms with Crippen LogP contribution in [0.5, 0.6) is 0 Å². The van der Waals surface area contributed by atoms with Crippen molar-refractivity contribution < 1.29 is 14.3 Å². The number of nitrogens with one attached hydrogen (secondary N) is 2. The van der Waals surface area contributed by atoms with Crippen molar-refractivity contribution in [2.45, 2.75) is 19.5 Å².